The lowest BCUT2D eigenvalue weighted by molar-refractivity contribution is -0.157. The molecule has 7 heteroatoms. The second-order valence-electron chi connectivity index (χ2n) is 8.62. The van der Waals surface area contributed by atoms with Crippen molar-refractivity contribution in [3.05, 3.63) is 71.8 Å². The van der Waals surface area contributed by atoms with E-state index in [4.69, 9.17) is 9.84 Å². The first-order chi connectivity index (χ1) is 15.1. The highest BCUT2D eigenvalue weighted by atomic mass is 16.6. The van der Waals surface area contributed by atoms with Crippen molar-refractivity contribution in [1.29, 1.82) is 0 Å². The van der Waals surface area contributed by atoms with Gasteiger partial charge in [-0.05, 0) is 44.7 Å². The maximum atomic E-state index is 13.0. The number of ether oxygens (including phenoxy) is 1. The maximum absolute atomic E-state index is 13.0. The first kappa shape index (κ1) is 25.1. The topological polar surface area (TPSA) is 105 Å². The summed E-state index contributed by atoms with van der Waals surface area (Å²) in [6.07, 6.45) is 0.514. The second-order valence-corrected chi connectivity index (χ2v) is 8.62. The number of rotatable bonds is 11. The first-order valence-corrected chi connectivity index (χ1v) is 10.7. The molecule has 0 saturated heterocycles. The predicted molar refractivity (Wildman–Crippen MR) is 122 cm³/mol. The Kier molecular flexibility index (Phi) is 9.40. The summed E-state index contributed by atoms with van der Waals surface area (Å²) in [5.74, 6) is -1.80. The molecule has 7 nitrogen and oxygen atoms in total. The van der Waals surface area contributed by atoms with Gasteiger partial charge in [-0.2, -0.15) is 0 Å². The molecule has 2 aromatic rings. The molecule has 0 saturated carbocycles. The molecule has 0 bridgehead atoms. The Morgan fingerprint density at radius 2 is 1.38 bits per heavy atom. The van der Waals surface area contributed by atoms with Crippen LogP contribution in [0.2, 0.25) is 0 Å². The number of amides is 1. The first-order valence-electron chi connectivity index (χ1n) is 10.7. The lowest BCUT2D eigenvalue weighted by atomic mass is 10.0. The molecule has 3 N–H and O–H groups in total. The van der Waals surface area contributed by atoms with Gasteiger partial charge in [0.05, 0.1) is 12.5 Å². The van der Waals surface area contributed by atoms with Gasteiger partial charge in [0, 0.05) is 6.54 Å². The van der Waals surface area contributed by atoms with E-state index in [9.17, 15) is 14.4 Å². The predicted octanol–water partition coefficient (Wildman–Crippen LogP) is 2.73. The molecule has 0 aliphatic heterocycles. The Bertz CT molecular complexity index is 878. The van der Waals surface area contributed by atoms with Crippen LogP contribution in [-0.4, -0.2) is 47.2 Å². The highest BCUT2D eigenvalue weighted by Crippen LogP contribution is 2.13. The third-order valence-electron chi connectivity index (χ3n) is 4.61. The lowest BCUT2D eigenvalue weighted by Gasteiger charge is -2.28. The van der Waals surface area contributed by atoms with Crippen LogP contribution in [-0.2, 0) is 32.0 Å². The zero-order valence-corrected chi connectivity index (χ0v) is 18.8. The Morgan fingerprint density at radius 3 is 1.84 bits per heavy atom. The van der Waals surface area contributed by atoms with Crippen LogP contribution in [0.4, 0.5) is 0 Å². The van der Waals surface area contributed by atoms with Crippen molar-refractivity contribution in [2.24, 2.45) is 0 Å². The quantitative estimate of drug-likeness (QED) is 0.464. The molecule has 2 rings (SSSR count). The summed E-state index contributed by atoms with van der Waals surface area (Å²) in [6.45, 7) is 5.40. The van der Waals surface area contributed by atoms with Crippen molar-refractivity contribution < 1.29 is 24.2 Å². The molecule has 0 radical (unpaired) electrons. The standard InChI is InChI=1S/C25H32N2O5/c1-25(2,3)32-24(31)21(17-19-12-8-5-9-13-19)27-20(16-18-10-6-4-7-11-18)23(30)26-15-14-22(28)29/h4-13,20-21,27H,14-17H2,1-3H3,(H,26,30)(H,28,29)/t20-,21-/m0/s1. The molecule has 0 heterocycles. The van der Waals surface area contributed by atoms with Gasteiger partial charge in [-0.3, -0.25) is 19.7 Å². The third kappa shape index (κ3) is 9.31. The molecule has 172 valence electrons. The highest BCUT2D eigenvalue weighted by Gasteiger charge is 2.30. The molecule has 32 heavy (non-hydrogen) atoms. The van der Waals surface area contributed by atoms with E-state index in [1.807, 2.05) is 60.7 Å². The average Bonchev–Trinajstić information content (AvgIpc) is 2.72. The Hall–Kier alpha value is -3.19. The largest absolute Gasteiger partial charge is 0.481 e. The third-order valence-corrected chi connectivity index (χ3v) is 4.61. The van der Waals surface area contributed by atoms with Gasteiger partial charge >= 0.3 is 11.9 Å². The van der Waals surface area contributed by atoms with Crippen LogP contribution in [0, 0.1) is 0 Å². The Balaban J connectivity index is 2.23. The molecule has 2 aromatic carbocycles. The van der Waals surface area contributed by atoms with Gasteiger partial charge in [0.1, 0.15) is 11.6 Å². The lowest BCUT2D eigenvalue weighted by Crippen LogP contribution is -2.54. The number of carbonyl (C=O) groups excluding carboxylic acids is 2. The minimum Gasteiger partial charge on any atom is -0.481 e. The van der Waals surface area contributed by atoms with Crippen LogP contribution in [0.3, 0.4) is 0 Å². The minimum atomic E-state index is -0.992. The van der Waals surface area contributed by atoms with Crippen molar-refractivity contribution in [2.45, 2.75) is 57.7 Å². The van der Waals surface area contributed by atoms with Crippen LogP contribution in [0.15, 0.2) is 60.7 Å². The summed E-state index contributed by atoms with van der Waals surface area (Å²) < 4.78 is 5.60. The molecule has 0 aromatic heterocycles. The van der Waals surface area contributed by atoms with Gasteiger partial charge in [0.15, 0.2) is 0 Å². The van der Waals surface area contributed by atoms with Crippen LogP contribution >= 0.6 is 0 Å². The SMILES string of the molecule is CC(C)(C)OC(=O)[C@H](Cc1ccccc1)N[C@@H](Cc1ccccc1)C(=O)NCCC(=O)O. The molecule has 1 amide bonds. The fraction of sp³-hybridized carbons (Fsp3) is 0.400. The van der Waals surface area contributed by atoms with Crippen molar-refractivity contribution in [3.8, 4) is 0 Å². The van der Waals surface area contributed by atoms with E-state index in [1.54, 1.807) is 20.8 Å². The van der Waals surface area contributed by atoms with Gasteiger partial charge in [-0.15, -0.1) is 0 Å². The summed E-state index contributed by atoms with van der Waals surface area (Å²) in [5, 5.41) is 14.7. The number of hydrogen-bond donors (Lipinski definition) is 3. The van der Waals surface area contributed by atoms with E-state index in [-0.39, 0.29) is 18.9 Å². The average molecular weight is 441 g/mol. The zero-order valence-electron chi connectivity index (χ0n) is 18.8. The summed E-state index contributed by atoms with van der Waals surface area (Å²) in [5.41, 5.74) is 1.17. The fourth-order valence-electron chi connectivity index (χ4n) is 3.17. The van der Waals surface area contributed by atoms with E-state index in [2.05, 4.69) is 10.6 Å². The number of carbonyl (C=O) groups is 3. The van der Waals surface area contributed by atoms with E-state index in [0.717, 1.165) is 11.1 Å². The number of carboxylic acid groups (broad SMARTS) is 1. The second kappa shape index (κ2) is 12.0. The summed E-state index contributed by atoms with van der Waals surface area (Å²) >= 11 is 0. The number of hydrogen-bond acceptors (Lipinski definition) is 5. The Labute approximate surface area is 189 Å². The van der Waals surface area contributed by atoms with Crippen molar-refractivity contribution in [2.75, 3.05) is 6.54 Å². The van der Waals surface area contributed by atoms with Crippen molar-refractivity contribution in [1.82, 2.24) is 10.6 Å². The summed E-state index contributed by atoms with van der Waals surface area (Å²) in [4.78, 5) is 36.7. The maximum Gasteiger partial charge on any atom is 0.324 e. The van der Waals surface area contributed by atoms with Crippen LogP contribution in [0.5, 0.6) is 0 Å². The normalized spacial score (nSPS) is 13.1. The van der Waals surface area contributed by atoms with Crippen LogP contribution in [0.25, 0.3) is 0 Å². The number of carboxylic acids is 1. The highest BCUT2D eigenvalue weighted by molar-refractivity contribution is 5.84. The van der Waals surface area contributed by atoms with Gasteiger partial charge in [0.25, 0.3) is 0 Å². The molecule has 0 aliphatic rings. The molecule has 0 fully saturated rings. The molecular weight excluding hydrogens is 408 g/mol. The number of esters is 1. The van der Waals surface area contributed by atoms with Gasteiger partial charge in [-0.25, -0.2) is 0 Å². The van der Waals surface area contributed by atoms with E-state index >= 15 is 0 Å². The van der Waals surface area contributed by atoms with Gasteiger partial charge < -0.3 is 15.2 Å². The fourth-order valence-corrected chi connectivity index (χ4v) is 3.17. The zero-order chi connectivity index (χ0) is 23.6. The van der Waals surface area contributed by atoms with E-state index in [0.29, 0.717) is 12.8 Å². The molecule has 2 atom stereocenters. The summed E-state index contributed by atoms with van der Waals surface area (Å²) in [7, 11) is 0. The summed E-state index contributed by atoms with van der Waals surface area (Å²) in [6, 6.07) is 17.5. The van der Waals surface area contributed by atoms with E-state index < -0.39 is 29.6 Å². The van der Waals surface area contributed by atoms with Gasteiger partial charge in [0.2, 0.25) is 5.91 Å². The molecular formula is C25H32N2O5. The van der Waals surface area contributed by atoms with Crippen LogP contribution in [0.1, 0.15) is 38.3 Å². The van der Waals surface area contributed by atoms with Crippen LogP contribution < -0.4 is 10.6 Å². The molecule has 0 unspecified atom stereocenters. The molecule has 0 aliphatic carbocycles. The Morgan fingerprint density at radius 1 is 0.875 bits per heavy atom. The molecule has 0 spiro atoms. The van der Waals surface area contributed by atoms with Crippen molar-refractivity contribution >= 4 is 17.8 Å². The van der Waals surface area contributed by atoms with Gasteiger partial charge in [-0.1, -0.05) is 60.7 Å². The smallest absolute Gasteiger partial charge is 0.324 e. The van der Waals surface area contributed by atoms with E-state index in [1.165, 1.54) is 0 Å². The number of benzene rings is 2. The monoisotopic (exact) mass is 440 g/mol. The number of aliphatic carboxylic acids is 1. The number of nitrogens with one attached hydrogen (secondary N) is 2. The minimum absolute atomic E-state index is 0.0108. The van der Waals surface area contributed by atoms with Crippen molar-refractivity contribution in [3.63, 3.8) is 0 Å².